The lowest BCUT2D eigenvalue weighted by molar-refractivity contribution is -0.158. The van der Waals surface area contributed by atoms with Crippen molar-refractivity contribution in [2.24, 2.45) is 5.92 Å². The third-order valence-electron chi connectivity index (χ3n) is 2.49. The number of allylic oxidation sites excluding steroid dienone is 1. The van der Waals surface area contributed by atoms with E-state index in [1.165, 1.54) is 0 Å². The lowest BCUT2D eigenvalue weighted by Gasteiger charge is -2.27. The van der Waals surface area contributed by atoms with Gasteiger partial charge in [0.2, 0.25) is 0 Å². The smallest absolute Gasteiger partial charge is 0.354 e. The molecule has 0 saturated carbocycles. The number of carbonyl (C=O) groups excluding carboxylic acids is 2. The molecule has 1 atom stereocenters. The predicted octanol–water partition coefficient (Wildman–Crippen LogP) is 2.80. The Kier molecular flexibility index (Phi) is 7.47. The Morgan fingerprint density at radius 2 is 1.62 bits per heavy atom. The van der Waals surface area contributed by atoms with Crippen molar-refractivity contribution < 1.29 is 19.1 Å². The van der Waals surface area contributed by atoms with Crippen LogP contribution in [0.2, 0.25) is 0 Å². The second kappa shape index (κ2) is 8.05. The second-order valence-corrected chi connectivity index (χ2v) is 6.56. The Morgan fingerprint density at radius 1 is 1.10 bits per heavy atom. The first kappa shape index (κ1) is 19.5. The summed E-state index contributed by atoms with van der Waals surface area (Å²) in [6.45, 7) is 14.5. The Morgan fingerprint density at radius 3 is 1.95 bits per heavy atom. The molecule has 5 heteroatoms. The van der Waals surface area contributed by atoms with Gasteiger partial charge in [0.1, 0.15) is 17.3 Å². The fourth-order valence-electron chi connectivity index (χ4n) is 1.57. The van der Waals surface area contributed by atoms with E-state index in [1.54, 1.807) is 26.8 Å². The predicted molar refractivity (Wildman–Crippen MR) is 82.6 cm³/mol. The first-order valence-electron chi connectivity index (χ1n) is 7.34. The fraction of sp³-hybridized carbons (Fsp3) is 0.750. The highest BCUT2D eigenvalue weighted by molar-refractivity contribution is 5.89. The van der Waals surface area contributed by atoms with Crippen LogP contribution in [0.5, 0.6) is 0 Å². The van der Waals surface area contributed by atoms with Crippen LogP contribution in [0.15, 0.2) is 11.8 Å². The molecule has 0 aliphatic rings. The van der Waals surface area contributed by atoms with Crippen LogP contribution in [0.25, 0.3) is 0 Å². The van der Waals surface area contributed by atoms with Crippen LogP contribution >= 0.6 is 0 Å². The Labute approximate surface area is 128 Å². The first-order chi connectivity index (χ1) is 9.47. The zero-order chi connectivity index (χ0) is 16.8. The molecular formula is C16H29NO4. The molecule has 5 nitrogen and oxygen atoms in total. The standard InChI is InChI=1S/C16H29NO4/c1-9-12(14(18)20-11(4)5)17-13(10(2)3)15(19)21-16(6,7)8/h9-11,13,17H,1-8H3/b12-9-/t13-/m0/s1. The van der Waals surface area contributed by atoms with E-state index < -0.39 is 17.6 Å². The van der Waals surface area contributed by atoms with E-state index in [0.717, 1.165) is 0 Å². The van der Waals surface area contributed by atoms with Gasteiger partial charge in [0.25, 0.3) is 0 Å². The van der Waals surface area contributed by atoms with Gasteiger partial charge in [0.05, 0.1) is 6.10 Å². The van der Waals surface area contributed by atoms with Gasteiger partial charge in [-0.05, 0) is 47.5 Å². The highest BCUT2D eigenvalue weighted by atomic mass is 16.6. The lowest BCUT2D eigenvalue weighted by atomic mass is 10.0. The Balaban J connectivity index is 4.99. The molecule has 0 radical (unpaired) electrons. The Bertz CT molecular complexity index is 392. The zero-order valence-electron chi connectivity index (χ0n) is 14.4. The molecular weight excluding hydrogens is 270 g/mol. The van der Waals surface area contributed by atoms with Gasteiger partial charge in [0.15, 0.2) is 0 Å². The number of rotatable bonds is 6. The molecule has 122 valence electrons. The summed E-state index contributed by atoms with van der Waals surface area (Å²) in [5.41, 5.74) is -0.297. The fourth-order valence-corrected chi connectivity index (χ4v) is 1.57. The van der Waals surface area contributed by atoms with E-state index in [-0.39, 0.29) is 23.7 Å². The van der Waals surface area contributed by atoms with Crippen LogP contribution in [0, 0.1) is 5.92 Å². The summed E-state index contributed by atoms with van der Waals surface area (Å²) in [6, 6.07) is -0.602. The summed E-state index contributed by atoms with van der Waals surface area (Å²) >= 11 is 0. The molecule has 1 N–H and O–H groups in total. The monoisotopic (exact) mass is 299 g/mol. The van der Waals surface area contributed by atoms with Gasteiger partial charge in [-0.25, -0.2) is 9.59 Å². The number of esters is 2. The van der Waals surface area contributed by atoms with Gasteiger partial charge >= 0.3 is 11.9 Å². The minimum absolute atomic E-state index is 0.0263. The molecule has 0 amide bonds. The van der Waals surface area contributed by atoms with Crippen molar-refractivity contribution in [1.29, 1.82) is 0 Å². The molecule has 0 aromatic rings. The second-order valence-electron chi connectivity index (χ2n) is 6.56. The average Bonchev–Trinajstić information content (AvgIpc) is 2.25. The molecule has 0 unspecified atom stereocenters. The maximum atomic E-state index is 12.2. The van der Waals surface area contributed by atoms with Gasteiger partial charge in [-0.1, -0.05) is 19.9 Å². The van der Waals surface area contributed by atoms with Crippen molar-refractivity contribution in [3.63, 3.8) is 0 Å². The summed E-state index contributed by atoms with van der Waals surface area (Å²) in [4.78, 5) is 24.2. The third-order valence-corrected chi connectivity index (χ3v) is 2.49. The van der Waals surface area contributed by atoms with Crippen LogP contribution in [0.1, 0.15) is 55.4 Å². The zero-order valence-corrected chi connectivity index (χ0v) is 14.4. The van der Waals surface area contributed by atoms with Crippen molar-refractivity contribution in [3.8, 4) is 0 Å². The average molecular weight is 299 g/mol. The van der Waals surface area contributed by atoms with Crippen molar-refractivity contribution in [2.75, 3.05) is 0 Å². The number of nitrogens with one attached hydrogen (secondary N) is 1. The van der Waals surface area contributed by atoms with Gasteiger partial charge in [-0.2, -0.15) is 0 Å². The lowest BCUT2D eigenvalue weighted by Crippen LogP contribution is -2.45. The Hall–Kier alpha value is -1.52. The third kappa shape index (κ3) is 7.73. The molecule has 0 saturated heterocycles. The summed E-state index contributed by atoms with van der Waals surface area (Å²) in [5.74, 6) is -0.877. The van der Waals surface area contributed by atoms with Crippen LogP contribution in [0.4, 0.5) is 0 Å². The summed E-state index contributed by atoms with van der Waals surface area (Å²) in [7, 11) is 0. The van der Waals surface area contributed by atoms with Crippen LogP contribution in [0.3, 0.4) is 0 Å². The molecule has 0 aliphatic carbocycles. The maximum Gasteiger partial charge on any atom is 0.354 e. The van der Waals surface area contributed by atoms with Gasteiger partial charge in [-0.15, -0.1) is 0 Å². The van der Waals surface area contributed by atoms with E-state index in [4.69, 9.17) is 9.47 Å². The molecule has 0 bridgehead atoms. The summed E-state index contributed by atoms with van der Waals surface area (Å²) in [6.07, 6.45) is 1.39. The van der Waals surface area contributed by atoms with Crippen LogP contribution in [-0.4, -0.2) is 29.7 Å². The van der Waals surface area contributed by atoms with E-state index in [2.05, 4.69) is 5.32 Å². The molecule has 0 spiro atoms. The quantitative estimate of drug-likeness (QED) is 0.603. The highest BCUT2D eigenvalue weighted by Gasteiger charge is 2.29. The van der Waals surface area contributed by atoms with Crippen molar-refractivity contribution in [3.05, 3.63) is 11.8 Å². The van der Waals surface area contributed by atoms with Gasteiger partial charge in [0, 0.05) is 0 Å². The van der Waals surface area contributed by atoms with Crippen molar-refractivity contribution in [1.82, 2.24) is 5.32 Å². The minimum atomic E-state index is -0.602. The van der Waals surface area contributed by atoms with E-state index in [0.29, 0.717) is 0 Å². The van der Waals surface area contributed by atoms with Gasteiger partial charge < -0.3 is 14.8 Å². The molecule has 0 aromatic carbocycles. The topological polar surface area (TPSA) is 64.6 Å². The maximum absolute atomic E-state index is 12.2. The molecule has 0 fully saturated rings. The molecule has 0 heterocycles. The molecule has 0 aromatic heterocycles. The first-order valence-corrected chi connectivity index (χ1v) is 7.34. The number of hydrogen-bond donors (Lipinski definition) is 1. The number of ether oxygens (including phenoxy) is 2. The number of carbonyl (C=O) groups is 2. The normalized spacial score (nSPS) is 14.1. The summed E-state index contributed by atoms with van der Waals surface area (Å²) < 4.78 is 10.5. The molecule has 21 heavy (non-hydrogen) atoms. The minimum Gasteiger partial charge on any atom is -0.458 e. The SMILES string of the molecule is C/C=C(\N[C@H](C(=O)OC(C)(C)C)C(C)C)C(=O)OC(C)C. The van der Waals surface area contributed by atoms with Crippen molar-refractivity contribution >= 4 is 11.9 Å². The van der Waals surface area contributed by atoms with Gasteiger partial charge in [-0.3, -0.25) is 0 Å². The van der Waals surface area contributed by atoms with E-state index in [1.807, 2.05) is 34.6 Å². The molecule has 0 aliphatic heterocycles. The summed E-state index contributed by atoms with van der Waals surface area (Å²) in [5, 5.41) is 2.94. The van der Waals surface area contributed by atoms with Crippen LogP contribution < -0.4 is 5.32 Å². The molecule has 0 rings (SSSR count). The van der Waals surface area contributed by atoms with E-state index >= 15 is 0 Å². The van der Waals surface area contributed by atoms with E-state index in [9.17, 15) is 9.59 Å². The number of hydrogen-bond acceptors (Lipinski definition) is 5. The largest absolute Gasteiger partial charge is 0.458 e. The van der Waals surface area contributed by atoms with Crippen molar-refractivity contribution in [2.45, 2.75) is 73.1 Å². The van der Waals surface area contributed by atoms with Crippen LogP contribution in [-0.2, 0) is 19.1 Å². The highest BCUT2D eigenvalue weighted by Crippen LogP contribution is 2.14.